The number of ether oxygens (including phenoxy) is 1. The fourth-order valence-corrected chi connectivity index (χ4v) is 9.17. The molecule has 1 aliphatic heterocycles. The monoisotopic (exact) mass is 416 g/mol. The molecule has 1 heterocycles. The number of aliphatic hydroxyl groups excluding tert-OH is 2. The van der Waals surface area contributed by atoms with Gasteiger partial charge in [0.15, 0.2) is 0 Å². The van der Waals surface area contributed by atoms with Crippen LogP contribution in [0.15, 0.2) is 11.1 Å². The Balaban J connectivity index is 1.43. The molecule has 170 valence electrons. The summed E-state index contributed by atoms with van der Waals surface area (Å²) in [7, 11) is 0. The Morgan fingerprint density at radius 1 is 0.933 bits per heavy atom. The molecule has 4 aliphatic carbocycles. The molecule has 0 spiro atoms. The molecule has 30 heavy (non-hydrogen) atoms. The van der Waals surface area contributed by atoms with Crippen molar-refractivity contribution in [2.45, 2.75) is 110 Å². The van der Waals surface area contributed by atoms with Gasteiger partial charge in [-0.1, -0.05) is 20.8 Å². The molecule has 5 fully saturated rings. The molecular weight excluding hydrogens is 372 g/mol. The van der Waals surface area contributed by atoms with Gasteiger partial charge in [-0.2, -0.15) is 0 Å². The van der Waals surface area contributed by atoms with Gasteiger partial charge >= 0.3 is 0 Å². The second-order valence-electron chi connectivity index (χ2n) is 12.4. The maximum Gasteiger partial charge on any atom is 0.0786 e. The van der Waals surface area contributed by atoms with Crippen molar-refractivity contribution in [2.75, 3.05) is 6.61 Å². The molecule has 0 aromatic carbocycles. The van der Waals surface area contributed by atoms with E-state index in [4.69, 9.17) is 4.74 Å². The Morgan fingerprint density at radius 2 is 1.73 bits per heavy atom. The van der Waals surface area contributed by atoms with Crippen molar-refractivity contribution >= 4 is 0 Å². The molecule has 10 atom stereocenters. The van der Waals surface area contributed by atoms with Gasteiger partial charge in [-0.3, -0.25) is 0 Å². The third kappa shape index (κ3) is 3.17. The molecule has 10 unspecified atom stereocenters. The molecule has 0 bridgehead atoms. The third-order valence-corrected chi connectivity index (χ3v) is 10.9. The van der Waals surface area contributed by atoms with Crippen molar-refractivity contribution in [3.8, 4) is 0 Å². The third-order valence-electron chi connectivity index (χ3n) is 10.9. The predicted octanol–water partition coefficient (Wildman–Crippen LogP) is 5.49. The van der Waals surface area contributed by atoms with Crippen molar-refractivity contribution in [2.24, 2.45) is 40.4 Å². The Hall–Kier alpha value is -0.380. The SMILES string of the molecule is C/C(=C1/C(O)CC2C3CCC4CC(O)CCC4(C)C3CCC12C)C1CCC(C)CO1. The Kier molecular flexibility index (Phi) is 5.43. The fraction of sp³-hybridized carbons (Fsp3) is 0.926. The van der Waals surface area contributed by atoms with Gasteiger partial charge in [0.05, 0.1) is 18.3 Å². The van der Waals surface area contributed by atoms with Gasteiger partial charge in [-0.15, -0.1) is 0 Å². The Bertz CT molecular complexity index is 692. The maximum atomic E-state index is 11.3. The average Bonchev–Trinajstić information content (AvgIpc) is 2.98. The van der Waals surface area contributed by atoms with Crippen molar-refractivity contribution in [1.29, 1.82) is 0 Å². The van der Waals surface area contributed by atoms with Crippen LogP contribution in [0.5, 0.6) is 0 Å². The predicted molar refractivity (Wildman–Crippen MR) is 120 cm³/mol. The summed E-state index contributed by atoms with van der Waals surface area (Å²) in [4.78, 5) is 0. The molecule has 4 saturated carbocycles. The van der Waals surface area contributed by atoms with E-state index < -0.39 is 0 Å². The topological polar surface area (TPSA) is 49.7 Å². The maximum absolute atomic E-state index is 11.3. The summed E-state index contributed by atoms with van der Waals surface area (Å²) >= 11 is 0. The second kappa shape index (κ2) is 7.59. The van der Waals surface area contributed by atoms with Crippen LogP contribution < -0.4 is 0 Å². The van der Waals surface area contributed by atoms with Gasteiger partial charge in [-0.05, 0) is 123 Å². The van der Waals surface area contributed by atoms with E-state index in [9.17, 15) is 10.2 Å². The smallest absolute Gasteiger partial charge is 0.0786 e. The summed E-state index contributed by atoms with van der Waals surface area (Å²) in [6.07, 6.45) is 11.5. The summed E-state index contributed by atoms with van der Waals surface area (Å²) in [6.45, 7) is 10.4. The number of hydrogen-bond donors (Lipinski definition) is 2. The van der Waals surface area contributed by atoms with Gasteiger partial charge in [0.2, 0.25) is 0 Å². The molecule has 5 rings (SSSR count). The van der Waals surface area contributed by atoms with Crippen molar-refractivity contribution in [1.82, 2.24) is 0 Å². The van der Waals surface area contributed by atoms with Crippen LogP contribution in [-0.2, 0) is 4.74 Å². The summed E-state index contributed by atoms with van der Waals surface area (Å²) in [5.74, 6) is 3.50. The van der Waals surface area contributed by atoms with Crippen LogP contribution in [0.3, 0.4) is 0 Å². The van der Waals surface area contributed by atoms with Crippen molar-refractivity contribution < 1.29 is 14.9 Å². The number of fused-ring (bicyclic) bond motifs is 5. The highest BCUT2D eigenvalue weighted by molar-refractivity contribution is 5.34. The van der Waals surface area contributed by atoms with E-state index in [-0.39, 0.29) is 23.7 Å². The lowest BCUT2D eigenvalue weighted by atomic mass is 9.45. The molecule has 0 radical (unpaired) electrons. The molecular formula is C27H44O3. The lowest BCUT2D eigenvalue weighted by molar-refractivity contribution is -0.117. The first-order valence-corrected chi connectivity index (χ1v) is 12.9. The standard InChI is InChI=1S/C27H44O3/c1-16-5-8-24(30-15-16)17(2)25-23(29)14-22-20-7-6-18-13-19(28)9-11-26(18,3)21(20)10-12-27(22,25)4/h16,18-24,28-29H,5-15H2,1-4H3/b25-17+. The summed E-state index contributed by atoms with van der Waals surface area (Å²) < 4.78 is 6.25. The van der Waals surface area contributed by atoms with E-state index in [1.54, 1.807) is 0 Å². The largest absolute Gasteiger partial charge is 0.393 e. The minimum Gasteiger partial charge on any atom is -0.393 e. The highest BCUT2D eigenvalue weighted by Gasteiger charge is 2.61. The molecule has 1 saturated heterocycles. The molecule has 0 amide bonds. The van der Waals surface area contributed by atoms with E-state index in [1.165, 1.54) is 49.7 Å². The van der Waals surface area contributed by atoms with E-state index >= 15 is 0 Å². The van der Waals surface area contributed by atoms with E-state index in [0.717, 1.165) is 44.1 Å². The van der Waals surface area contributed by atoms with Gasteiger partial charge in [0.1, 0.15) is 0 Å². The first-order chi connectivity index (χ1) is 14.2. The summed E-state index contributed by atoms with van der Waals surface area (Å²) in [5, 5.41) is 21.6. The minimum absolute atomic E-state index is 0.0721. The Morgan fingerprint density at radius 3 is 2.47 bits per heavy atom. The van der Waals surface area contributed by atoms with Gasteiger partial charge in [0.25, 0.3) is 0 Å². The van der Waals surface area contributed by atoms with Crippen LogP contribution in [0, 0.1) is 40.4 Å². The van der Waals surface area contributed by atoms with E-state index in [2.05, 4.69) is 27.7 Å². The second-order valence-corrected chi connectivity index (χ2v) is 12.4. The van der Waals surface area contributed by atoms with Crippen LogP contribution in [0.25, 0.3) is 0 Å². The highest BCUT2D eigenvalue weighted by Crippen LogP contribution is 2.67. The van der Waals surface area contributed by atoms with Crippen LogP contribution >= 0.6 is 0 Å². The normalized spacial score (nSPS) is 55.4. The van der Waals surface area contributed by atoms with Gasteiger partial charge in [0, 0.05) is 6.61 Å². The molecule has 2 N–H and O–H groups in total. The summed E-state index contributed by atoms with van der Waals surface area (Å²) in [6, 6.07) is 0. The number of hydrogen-bond acceptors (Lipinski definition) is 3. The zero-order valence-electron chi connectivity index (χ0n) is 19.7. The quantitative estimate of drug-likeness (QED) is 0.556. The van der Waals surface area contributed by atoms with Crippen LogP contribution in [0.2, 0.25) is 0 Å². The van der Waals surface area contributed by atoms with Crippen LogP contribution in [0.1, 0.15) is 91.9 Å². The first-order valence-electron chi connectivity index (χ1n) is 12.9. The van der Waals surface area contributed by atoms with Crippen molar-refractivity contribution in [3.05, 3.63) is 11.1 Å². The molecule has 0 aromatic rings. The van der Waals surface area contributed by atoms with Crippen LogP contribution in [0.4, 0.5) is 0 Å². The summed E-state index contributed by atoms with van der Waals surface area (Å²) in [5.41, 5.74) is 3.27. The zero-order valence-corrected chi connectivity index (χ0v) is 19.7. The van der Waals surface area contributed by atoms with E-state index in [1.807, 2.05) is 0 Å². The minimum atomic E-state index is -0.277. The zero-order chi connectivity index (χ0) is 21.3. The molecule has 3 heteroatoms. The fourth-order valence-electron chi connectivity index (χ4n) is 9.17. The molecule has 0 aromatic heterocycles. The molecule has 5 aliphatic rings. The number of aliphatic hydroxyl groups is 2. The highest BCUT2D eigenvalue weighted by atomic mass is 16.5. The number of rotatable bonds is 1. The lowest BCUT2D eigenvalue weighted by Gasteiger charge is -2.60. The van der Waals surface area contributed by atoms with Crippen LogP contribution in [-0.4, -0.2) is 35.1 Å². The average molecular weight is 417 g/mol. The van der Waals surface area contributed by atoms with Gasteiger partial charge in [-0.25, -0.2) is 0 Å². The van der Waals surface area contributed by atoms with Crippen molar-refractivity contribution in [3.63, 3.8) is 0 Å². The van der Waals surface area contributed by atoms with Gasteiger partial charge < -0.3 is 14.9 Å². The lowest BCUT2D eigenvalue weighted by Crippen LogP contribution is -2.53. The van der Waals surface area contributed by atoms with E-state index in [0.29, 0.717) is 23.2 Å². The molecule has 3 nitrogen and oxygen atoms in total. The first kappa shape index (κ1) is 21.5. The Labute approximate surface area is 183 Å².